The van der Waals surface area contributed by atoms with Crippen molar-refractivity contribution in [3.05, 3.63) is 47.5 Å². The third kappa shape index (κ3) is 4.21. The molecule has 0 aliphatic heterocycles. The van der Waals surface area contributed by atoms with Crippen molar-refractivity contribution in [2.75, 3.05) is 6.54 Å². The molecule has 3 heteroatoms. The lowest BCUT2D eigenvalue weighted by molar-refractivity contribution is -0.125. The Balaban J connectivity index is 1.73. The van der Waals surface area contributed by atoms with Crippen molar-refractivity contribution in [2.24, 2.45) is 5.92 Å². The maximum Gasteiger partial charge on any atom is 0.223 e. The van der Waals surface area contributed by atoms with Gasteiger partial charge in [0.25, 0.3) is 0 Å². The van der Waals surface area contributed by atoms with Gasteiger partial charge in [0.05, 0.1) is 6.61 Å². The van der Waals surface area contributed by atoms with Crippen LogP contribution in [0.2, 0.25) is 0 Å². The number of allylic oxidation sites excluding steroid dienone is 2. The van der Waals surface area contributed by atoms with E-state index in [9.17, 15) is 4.79 Å². The fourth-order valence-electron chi connectivity index (χ4n) is 2.32. The van der Waals surface area contributed by atoms with Crippen LogP contribution in [-0.4, -0.2) is 17.6 Å². The number of carbonyl (C=O) groups excluding carboxylic acids is 1. The summed E-state index contributed by atoms with van der Waals surface area (Å²) in [4.78, 5) is 11.9. The van der Waals surface area contributed by atoms with E-state index in [0.29, 0.717) is 6.54 Å². The van der Waals surface area contributed by atoms with Crippen LogP contribution in [0.25, 0.3) is 0 Å². The third-order valence-electron chi connectivity index (χ3n) is 3.56. The van der Waals surface area contributed by atoms with Gasteiger partial charge in [-0.1, -0.05) is 36.4 Å². The van der Waals surface area contributed by atoms with Crippen LogP contribution in [0.3, 0.4) is 0 Å². The second-order valence-corrected chi connectivity index (χ2v) is 5.00. The molecule has 1 aliphatic rings. The van der Waals surface area contributed by atoms with Crippen LogP contribution in [0, 0.1) is 5.92 Å². The number of amides is 1. The molecule has 102 valence electrons. The smallest absolute Gasteiger partial charge is 0.223 e. The Bertz CT molecular complexity index is 437. The molecule has 0 saturated heterocycles. The Hall–Kier alpha value is -1.61. The summed E-state index contributed by atoms with van der Waals surface area (Å²) in [6, 6.07) is 7.84. The van der Waals surface area contributed by atoms with Gasteiger partial charge < -0.3 is 10.4 Å². The number of aliphatic hydroxyl groups excluding tert-OH is 1. The maximum absolute atomic E-state index is 11.9. The van der Waals surface area contributed by atoms with Gasteiger partial charge >= 0.3 is 0 Å². The molecule has 1 atom stereocenters. The van der Waals surface area contributed by atoms with E-state index in [2.05, 4.69) is 17.5 Å². The topological polar surface area (TPSA) is 49.3 Å². The van der Waals surface area contributed by atoms with Gasteiger partial charge in [0, 0.05) is 12.5 Å². The van der Waals surface area contributed by atoms with Crippen molar-refractivity contribution in [1.82, 2.24) is 5.32 Å². The standard InChI is InChI=1S/C16H21NO2/c18-12-14-8-6-13(7-9-14)10-11-17-16(19)15-4-2-1-3-5-15/h1-2,6-9,15,18H,3-5,10-12H2,(H,17,19). The molecule has 0 aromatic heterocycles. The van der Waals surface area contributed by atoms with E-state index in [0.717, 1.165) is 31.2 Å². The van der Waals surface area contributed by atoms with Crippen LogP contribution in [0.1, 0.15) is 30.4 Å². The Kier molecular flexibility index (Phi) is 5.16. The van der Waals surface area contributed by atoms with Gasteiger partial charge in [-0.25, -0.2) is 0 Å². The number of aliphatic hydroxyl groups is 1. The van der Waals surface area contributed by atoms with E-state index >= 15 is 0 Å². The summed E-state index contributed by atoms with van der Waals surface area (Å²) in [5.74, 6) is 0.332. The molecule has 19 heavy (non-hydrogen) atoms. The lowest BCUT2D eigenvalue weighted by Crippen LogP contribution is -2.32. The molecule has 0 bridgehead atoms. The van der Waals surface area contributed by atoms with Crippen LogP contribution >= 0.6 is 0 Å². The predicted octanol–water partition coefficient (Wildman–Crippen LogP) is 2.19. The first-order valence-corrected chi connectivity index (χ1v) is 6.91. The molecule has 0 radical (unpaired) electrons. The molecule has 1 aromatic carbocycles. The van der Waals surface area contributed by atoms with Crippen LogP contribution in [-0.2, 0) is 17.8 Å². The SMILES string of the molecule is O=C(NCCc1ccc(CO)cc1)C1CC=CCC1. The van der Waals surface area contributed by atoms with Crippen LogP contribution in [0.5, 0.6) is 0 Å². The van der Waals surface area contributed by atoms with Gasteiger partial charge in [0.15, 0.2) is 0 Å². The van der Waals surface area contributed by atoms with Crippen molar-refractivity contribution in [2.45, 2.75) is 32.3 Å². The minimum absolute atomic E-state index is 0.0756. The van der Waals surface area contributed by atoms with Crippen molar-refractivity contribution < 1.29 is 9.90 Å². The molecule has 0 spiro atoms. The maximum atomic E-state index is 11.9. The highest BCUT2D eigenvalue weighted by molar-refractivity contribution is 5.78. The molecule has 1 amide bonds. The van der Waals surface area contributed by atoms with E-state index in [1.54, 1.807) is 0 Å². The molecule has 2 rings (SSSR count). The average Bonchev–Trinajstić information content (AvgIpc) is 2.49. The molecule has 3 nitrogen and oxygen atoms in total. The predicted molar refractivity (Wildman–Crippen MR) is 75.6 cm³/mol. The molecule has 1 unspecified atom stereocenters. The lowest BCUT2D eigenvalue weighted by atomic mass is 9.93. The first-order valence-electron chi connectivity index (χ1n) is 6.91. The number of hydrogen-bond donors (Lipinski definition) is 2. The van der Waals surface area contributed by atoms with Crippen LogP contribution in [0.4, 0.5) is 0 Å². The first kappa shape index (κ1) is 13.8. The Morgan fingerprint density at radius 2 is 1.95 bits per heavy atom. The highest BCUT2D eigenvalue weighted by Crippen LogP contribution is 2.17. The second kappa shape index (κ2) is 7.10. The van der Waals surface area contributed by atoms with Crippen molar-refractivity contribution >= 4 is 5.91 Å². The zero-order valence-electron chi connectivity index (χ0n) is 11.1. The quantitative estimate of drug-likeness (QED) is 0.796. The fraction of sp³-hybridized carbons (Fsp3) is 0.438. The monoisotopic (exact) mass is 259 g/mol. The third-order valence-corrected chi connectivity index (χ3v) is 3.56. The van der Waals surface area contributed by atoms with Gasteiger partial charge in [-0.3, -0.25) is 4.79 Å². The Morgan fingerprint density at radius 3 is 2.58 bits per heavy atom. The minimum Gasteiger partial charge on any atom is -0.392 e. The van der Waals surface area contributed by atoms with Gasteiger partial charge in [0.2, 0.25) is 5.91 Å². The van der Waals surface area contributed by atoms with E-state index in [-0.39, 0.29) is 18.4 Å². The molecular formula is C16H21NO2. The highest BCUT2D eigenvalue weighted by atomic mass is 16.3. The number of hydrogen-bond acceptors (Lipinski definition) is 2. The molecular weight excluding hydrogens is 238 g/mol. The average molecular weight is 259 g/mol. The largest absolute Gasteiger partial charge is 0.392 e. The van der Waals surface area contributed by atoms with E-state index in [1.165, 1.54) is 5.56 Å². The molecule has 1 aliphatic carbocycles. The summed E-state index contributed by atoms with van der Waals surface area (Å²) in [6.07, 6.45) is 7.93. The summed E-state index contributed by atoms with van der Waals surface area (Å²) in [5.41, 5.74) is 2.10. The summed E-state index contributed by atoms with van der Waals surface area (Å²) in [6.45, 7) is 0.754. The minimum atomic E-state index is 0.0756. The number of nitrogens with one attached hydrogen (secondary N) is 1. The summed E-state index contributed by atoms with van der Waals surface area (Å²) >= 11 is 0. The van der Waals surface area contributed by atoms with E-state index < -0.39 is 0 Å². The van der Waals surface area contributed by atoms with Crippen LogP contribution < -0.4 is 5.32 Å². The first-order chi connectivity index (χ1) is 9.29. The normalized spacial score (nSPS) is 18.3. The Labute approximate surface area is 114 Å². The van der Waals surface area contributed by atoms with Gasteiger partial charge in [-0.05, 0) is 36.8 Å². The Morgan fingerprint density at radius 1 is 1.21 bits per heavy atom. The highest BCUT2D eigenvalue weighted by Gasteiger charge is 2.17. The number of carbonyl (C=O) groups is 1. The van der Waals surface area contributed by atoms with Gasteiger partial charge in [-0.15, -0.1) is 0 Å². The van der Waals surface area contributed by atoms with Crippen molar-refractivity contribution in [3.63, 3.8) is 0 Å². The molecule has 2 N–H and O–H groups in total. The molecule has 0 heterocycles. The molecule has 0 saturated carbocycles. The number of benzene rings is 1. The zero-order valence-corrected chi connectivity index (χ0v) is 11.1. The van der Waals surface area contributed by atoms with Gasteiger partial charge in [-0.2, -0.15) is 0 Å². The number of rotatable bonds is 5. The summed E-state index contributed by atoms with van der Waals surface area (Å²) < 4.78 is 0. The lowest BCUT2D eigenvalue weighted by Gasteiger charge is -2.17. The van der Waals surface area contributed by atoms with Gasteiger partial charge in [0.1, 0.15) is 0 Å². The fourth-order valence-corrected chi connectivity index (χ4v) is 2.32. The van der Waals surface area contributed by atoms with Crippen molar-refractivity contribution in [1.29, 1.82) is 0 Å². The molecule has 0 fully saturated rings. The van der Waals surface area contributed by atoms with E-state index in [4.69, 9.17) is 5.11 Å². The van der Waals surface area contributed by atoms with Crippen molar-refractivity contribution in [3.8, 4) is 0 Å². The van der Waals surface area contributed by atoms with Crippen LogP contribution in [0.15, 0.2) is 36.4 Å². The molecule has 1 aromatic rings. The zero-order chi connectivity index (χ0) is 13.5. The van der Waals surface area contributed by atoms with E-state index in [1.807, 2.05) is 24.3 Å². The second-order valence-electron chi connectivity index (χ2n) is 5.00. The summed E-state index contributed by atoms with van der Waals surface area (Å²) in [5, 5.41) is 12.0. The summed E-state index contributed by atoms with van der Waals surface area (Å²) in [7, 11) is 0.